The number of hydrogen-bond donors (Lipinski definition) is 0. The van der Waals surface area contributed by atoms with E-state index in [1.165, 1.54) is 19.8 Å². The van der Waals surface area contributed by atoms with Crippen LogP contribution in [0.4, 0.5) is 0 Å². The van der Waals surface area contributed by atoms with Gasteiger partial charge < -0.3 is 4.90 Å². The number of Topliss-reactive ketones (excluding diaryl/α,β-unsaturated/α-hetero) is 1. The molecule has 0 saturated heterocycles. The smallest absolute Gasteiger partial charge is 0.230 e. The van der Waals surface area contributed by atoms with Gasteiger partial charge in [-0.25, -0.2) is 0 Å². The first-order valence-corrected chi connectivity index (χ1v) is 5.55. The molecule has 0 aliphatic heterocycles. The van der Waals surface area contributed by atoms with Gasteiger partial charge in [-0.2, -0.15) is 0 Å². The number of carbonyl (C=O) groups is 2. The minimum absolute atomic E-state index is 0.0321. The van der Waals surface area contributed by atoms with Gasteiger partial charge in [0.15, 0.2) is 0 Å². The van der Waals surface area contributed by atoms with Gasteiger partial charge in [0.05, 0.1) is 6.42 Å². The number of ketones is 1. The van der Waals surface area contributed by atoms with Crippen molar-refractivity contribution in [2.45, 2.75) is 45.1 Å². The molecular weight excluding hydrogens is 190 g/mol. The van der Waals surface area contributed by atoms with Gasteiger partial charge in [-0.1, -0.05) is 18.9 Å². The summed E-state index contributed by atoms with van der Waals surface area (Å²) in [4.78, 5) is 24.5. The van der Waals surface area contributed by atoms with Gasteiger partial charge in [-0.05, 0) is 19.8 Å². The lowest BCUT2D eigenvalue weighted by Gasteiger charge is -2.27. The third-order valence-electron chi connectivity index (χ3n) is 2.81. The van der Waals surface area contributed by atoms with Crippen molar-refractivity contribution in [2.75, 3.05) is 6.54 Å². The normalized spacial score (nSPS) is 16.3. The van der Waals surface area contributed by atoms with Crippen LogP contribution in [0.2, 0.25) is 0 Å². The molecule has 0 aromatic heterocycles. The highest BCUT2D eigenvalue weighted by Crippen LogP contribution is 2.23. The van der Waals surface area contributed by atoms with E-state index in [0.717, 1.165) is 12.8 Å². The lowest BCUT2D eigenvalue weighted by atomic mass is 10.1. The van der Waals surface area contributed by atoms with E-state index in [9.17, 15) is 9.59 Å². The minimum atomic E-state index is -0.0629. The Labute approximate surface area is 91.1 Å². The van der Waals surface area contributed by atoms with Crippen LogP contribution in [0, 0.1) is 0 Å². The van der Waals surface area contributed by atoms with E-state index in [2.05, 4.69) is 6.58 Å². The second kappa shape index (κ2) is 5.69. The standard InChI is InChI=1S/C12H19NO2/c1-3-8-13(11-6-4-5-7-11)12(15)9-10(2)14/h3,11H,1,4-9H2,2H3. The number of hydrogen-bond acceptors (Lipinski definition) is 2. The molecule has 0 aromatic carbocycles. The zero-order valence-electron chi connectivity index (χ0n) is 9.37. The monoisotopic (exact) mass is 209 g/mol. The van der Waals surface area contributed by atoms with Gasteiger partial charge in [-0.15, -0.1) is 6.58 Å². The maximum Gasteiger partial charge on any atom is 0.230 e. The number of amides is 1. The molecule has 1 saturated carbocycles. The highest BCUT2D eigenvalue weighted by atomic mass is 16.2. The molecule has 0 heterocycles. The molecule has 0 spiro atoms. The number of nitrogens with zero attached hydrogens (tertiary/aromatic N) is 1. The molecule has 0 radical (unpaired) electrons. The lowest BCUT2D eigenvalue weighted by Crippen LogP contribution is -2.39. The zero-order chi connectivity index (χ0) is 11.3. The van der Waals surface area contributed by atoms with E-state index in [4.69, 9.17) is 0 Å². The van der Waals surface area contributed by atoms with Crippen LogP contribution in [0.15, 0.2) is 12.7 Å². The fourth-order valence-electron chi connectivity index (χ4n) is 2.12. The van der Waals surface area contributed by atoms with Crippen molar-refractivity contribution in [3.63, 3.8) is 0 Å². The summed E-state index contributed by atoms with van der Waals surface area (Å²) in [5.74, 6) is -0.110. The fourth-order valence-corrected chi connectivity index (χ4v) is 2.12. The zero-order valence-corrected chi connectivity index (χ0v) is 9.37. The molecule has 15 heavy (non-hydrogen) atoms. The van der Waals surface area contributed by atoms with Gasteiger partial charge in [0.2, 0.25) is 5.91 Å². The van der Waals surface area contributed by atoms with Crippen molar-refractivity contribution in [3.05, 3.63) is 12.7 Å². The Morgan fingerprint density at radius 2 is 2.00 bits per heavy atom. The molecule has 1 aliphatic rings. The van der Waals surface area contributed by atoms with Crippen LogP contribution < -0.4 is 0 Å². The summed E-state index contributed by atoms with van der Waals surface area (Å²) in [6.07, 6.45) is 6.27. The molecule has 3 heteroatoms. The van der Waals surface area contributed by atoms with Gasteiger partial charge in [0.1, 0.15) is 5.78 Å². The molecule has 1 aliphatic carbocycles. The van der Waals surface area contributed by atoms with Crippen LogP contribution in [0.5, 0.6) is 0 Å². The molecule has 1 fully saturated rings. The van der Waals surface area contributed by atoms with Crippen LogP contribution in [0.1, 0.15) is 39.0 Å². The third kappa shape index (κ3) is 3.50. The molecule has 1 rings (SSSR count). The molecule has 0 atom stereocenters. The van der Waals surface area contributed by atoms with Crippen molar-refractivity contribution in [1.82, 2.24) is 4.90 Å². The molecule has 3 nitrogen and oxygen atoms in total. The van der Waals surface area contributed by atoms with Crippen LogP contribution in [0.25, 0.3) is 0 Å². The van der Waals surface area contributed by atoms with Crippen LogP contribution in [-0.2, 0) is 9.59 Å². The largest absolute Gasteiger partial charge is 0.336 e. The molecule has 1 amide bonds. The van der Waals surface area contributed by atoms with E-state index in [1.54, 1.807) is 11.0 Å². The van der Waals surface area contributed by atoms with Gasteiger partial charge >= 0.3 is 0 Å². The van der Waals surface area contributed by atoms with E-state index in [0.29, 0.717) is 12.6 Å². The second-order valence-corrected chi connectivity index (χ2v) is 4.15. The predicted molar refractivity (Wildman–Crippen MR) is 59.5 cm³/mol. The van der Waals surface area contributed by atoms with E-state index in [-0.39, 0.29) is 18.1 Å². The van der Waals surface area contributed by atoms with Crippen molar-refractivity contribution < 1.29 is 9.59 Å². The van der Waals surface area contributed by atoms with Gasteiger partial charge in [-0.3, -0.25) is 9.59 Å². The summed E-state index contributed by atoms with van der Waals surface area (Å²) >= 11 is 0. The van der Waals surface area contributed by atoms with Crippen LogP contribution >= 0.6 is 0 Å². The van der Waals surface area contributed by atoms with E-state index in [1.807, 2.05) is 0 Å². The SMILES string of the molecule is C=CCN(C(=O)CC(C)=O)C1CCCC1. The first-order valence-electron chi connectivity index (χ1n) is 5.55. The van der Waals surface area contributed by atoms with Crippen molar-refractivity contribution >= 4 is 11.7 Å². The molecular formula is C12H19NO2. The van der Waals surface area contributed by atoms with E-state index < -0.39 is 0 Å². The molecule has 84 valence electrons. The van der Waals surface area contributed by atoms with Crippen LogP contribution in [-0.4, -0.2) is 29.2 Å². The maximum absolute atomic E-state index is 11.8. The van der Waals surface area contributed by atoms with Crippen molar-refractivity contribution in [2.24, 2.45) is 0 Å². The maximum atomic E-state index is 11.8. The fraction of sp³-hybridized carbons (Fsp3) is 0.667. The Kier molecular flexibility index (Phi) is 4.53. The summed E-state index contributed by atoms with van der Waals surface area (Å²) in [6.45, 7) is 5.68. The number of rotatable bonds is 5. The van der Waals surface area contributed by atoms with Crippen molar-refractivity contribution in [3.8, 4) is 0 Å². The Morgan fingerprint density at radius 1 is 1.40 bits per heavy atom. The Morgan fingerprint density at radius 3 is 2.47 bits per heavy atom. The van der Waals surface area contributed by atoms with Crippen LogP contribution in [0.3, 0.4) is 0 Å². The summed E-state index contributed by atoms with van der Waals surface area (Å²) in [5, 5.41) is 0. The average Bonchev–Trinajstić information content (AvgIpc) is 2.65. The first kappa shape index (κ1) is 12.0. The molecule has 0 N–H and O–H groups in total. The second-order valence-electron chi connectivity index (χ2n) is 4.15. The van der Waals surface area contributed by atoms with Crippen molar-refractivity contribution in [1.29, 1.82) is 0 Å². The number of carbonyl (C=O) groups excluding carboxylic acids is 2. The Balaban J connectivity index is 2.58. The Bertz CT molecular complexity index is 254. The summed E-state index contributed by atoms with van der Waals surface area (Å²) in [7, 11) is 0. The summed E-state index contributed by atoms with van der Waals surface area (Å²) < 4.78 is 0. The van der Waals surface area contributed by atoms with Gasteiger partial charge in [0.25, 0.3) is 0 Å². The third-order valence-corrected chi connectivity index (χ3v) is 2.81. The highest BCUT2D eigenvalue weighted by molar-refractivity contribution is 5.96. The Hall–Kier alpha value is -1.12. The lowest BCUT2D eigenvalue weighted by molar-refractivity contribution is -0.136. The summed E-state index contributed by atoms with van der Waals surface area (Å²) in [6, 6.07) is 0.329. The minimum Gasteiger partial charge on any atom is -0.336 e. The molecule has 0 unspecified atom stereocenters. The molecule has 0 bridgehead atoms. The van der Waals surface area contributed by atoms with Gasteiger partial charge in [0, 0.05) is 12.6 Å². The predicted octanol–water partition coefficient (Wildman–Crippen LogP) is 1.92. The first-order chi connectivity index (χ1) is 7.15. The van der Waals surface area contributed by atoms with E-state index >= 15 is 0 Å². The topological polar surface area (TPSA) is 37.4 Å². The average molecular weight is 209 g/mol. The molecule has 0 aromatic rings. The quantitative estimate of drug-likeness (QED) is 0.512. The summed E-state index contributed by atoms with van der Waals surface area (Å²) in [5.41, 5.74) is 0. The highest BCUT2D eigenvalue weighted by Gasteiger charge is 2.25.